The van der Waals surface area contributed by atoms with Crippen LogP contribution in [0.25, 0.3) is 0 Å². The first kappa shape index (κ1) is 9.32. The van der Waals surface area contributed by atoms with Gasteiger partial charge in [0.25, 0.3) is 0 Å². The first-order chi connectivity index (χ1) is 5.74. The first-order valence-corrected chi connectivity index (χ1v) is 4.91. The molecule has 66 valence electrons. The zero-order valence-electron chi connectivity index (χ0n) is 7.26. The second-order valence-corrected chi connectivity index (χ2v) is 3.65. The van der Waals surface area contributed by atoms with Crippen molar-refractivity contribution < 1.29 is 0 Å². The molecule has 3 nitrogen and oxygen atoms in total. The average molecular weight is 184 g/mol. The number of H-pyrrole nitrogens is 1. The van der Waals surface area contributed by atoms with Crippen LogP contribution in [-0.4, -0.2) is 15.7 Å². The molecule has 1 rings (SSSR count). The van der Waals surface area contributed by atoms with Gasteiger partial charge >= 0.3 is 5.69 Å². The predicted molar refractivity (Wildman–Crippen MR) is 50.6 cm³/mol. The van der Waals surface area contributed by atoms with Crippen molar-refractivity contribution in [2.24, 2.45) is 0 Å². The SMILES string of the molecule is CCCSc1[nH]c(=O)ncc1C. The lowest BCUT2D eigenvalue weighted by atomic mass is 10.4. The van der Waals surface area contributed by atoms with Crippen LogP contribution in [0.2, 0.25) is 0 Å². The van der Waals surface area contributed by atoms with Crippen LogP contribution >= 0.6 is 11.8 Å². The summed E-state index contributed by atoms with van der Waals surface area (Å²) in [6, 6.07) is 0. The van der Waals surface area contributed by atoms with Crippen molar-refractivity contribution in [3.05, 3.63) is 22.2 Å². The molecule has 0 spiro atoms. The predicted octanol–water partition coefficient (Wildman–Crippen LogP) is 1.58. The summed E-state index contributed by atoms with van der Waals surface area (Å²) in [5.74, 6) is 1.03. The van der Waals surface area contributed by atoms with Gasteiger partial charge < -0.3 is 4.98 Å². The quantitative estimate of drug-likeness (QED) is 0.573. The van der Waals surface area contributed by atoms with E-state index >= 15 is 0 Å². The summed E-state index contributed by atoms with van der Waals surface area (Å²) >= 11 is 1.67. The van der Waals surface area contributed by atoms with Crippen LogP contribution in [0.4, 0.5) is 0 Å². The highest BCUT2D eigenvalue weighted by Crippen LogP contribution is 2.17. The summed E-state index contributed by atoms with van der Waals surface area (Å²) in [7, 11) is 0. The molecule has 0 radical (unpaired) electrons. The molecule has 0 aromatic carbocycles. The van der Waals surface area contributed by atoms with E-state index in [1.165, 1.54) is 0 Å². The van der Waals surface area contributed by atoms with Crippen molar-refractivity contribution in [1.29, 1.82) is 0 Å². The number of aromatic nitrogens is 2. The fourth-order valence-corrected chi connectivity index (χ4v) is 1.64. The van der Waals surface area contributed by atoms with Crippen molar-refractivity contribution in [1.82, 2.24) is 9.97 Å². The molecular formula is C8H12N2OS. The van der Waals surface area contributed by atoms with Crippen molar-refractivity contribution >= 4 is 11.8 Å². The van der Waals surface area contributed by atoms with Gasteiger partial charge in [0, 0.05) is 6.20 Å². The van der Waals surface area contributed by atoms with Crippen molar-refractivity contribution in [2.75, 3.05) is 5.75 Å². The summed E-state index contributed by atoms with van der Waals surface area (Å²) in [4.78, 5) is 17.2. The van der Waals surface area contributed by atoms with Crippen LogP contribution in [0, 0.1) is 6.92 Å². The Bertz CT molecular complexity index is 308. The first-order valence-electron chi connectivity index (χ1n) is 3.92. The molecule has 12 heavy (non-hydrogen) atoms. The summed E-state index contributed by atoms with van der Waals surface area (Å²) in [5.41, 5.74) is 0.771. The van der Waals surface area contributed by atoms with Gasteiger partial charge in [0.05, 0.1) is 5.03 Å². The van der Waals surface area contributed by atoms with Gasteiger partial charge in [0.2, 0.25) is 0 Å². The molecule has 0 amide bonds. The van der Waals surface area contributed by atoms with E-state index in [0.29, 0.717) is 0 Å². The summed E-state index contributed by atoms with van der Waals surface area (Å²) in [6.45, 7) is 4.06. The number of thioether (sulfide) groups is 1. The maximum absolute atomic E-state index is 10.8. The van der Waals surface area contributed by atoms with Gasteiger partial charge in [-0.2, -0.15) is 0 Å². The summed E-state index contributed by atoms with van der Waals surface area (Å²) in [5, 5.41) is 0.942. The van der Waals surface area contributed by atoms with Crippen LogP contribution in [0.15, 0.2) is 16.0 Å². The number of aryl methyl sites for hydroxylation is 1. The summed E-state index contributed by atoms with van der Waals surface area (Å²) < 4.78 is 0. The number of aromatic amines is 1. The maximum atomic E-state index is 10.8. The minimum Gasteiger partial charge on any atom is -0.300 e. The molecule has 0 bridgehead atoms. The number of hydrogen-bond acceptors (Lipinski definition) is 3. The number of hydrogen-bond donors (Lipinski definition) is 1. The molecule has 0 aliphatic carbocycles. The molecule has 0 unspecified atom stereocenters. The van der Waals surface area contributed by atoms with E-state index in [1.54, 1.807) is 18.0 Å². The molecule has 1 aromatic rings. The molecule has 0 aliphatic heterocycles. The highest BCUT2D eigenvalue weighted by atomic mass is 32.2. The Labute approximate surface area is 75.6 Å². The Kier molecular flexibility index (Phi) is 3.34. The molecule has 1 heterocycles. The molecule has 1 aromatic heterocycles. The highest BCUT2D eigenvalue weighted by molar-refractivity contribution is 7.99. The van der Waals surface area contributed by atoms with Gasteiger partial charge in [-0.15, -0.1) is 11.8 Å². The van der Waals surface area contributed by atoms with E-state index < -0.39 is 0 Å². The lowest BCUT2D eigenvalue weighted by Crippen LogP contribution is -2.10. The molecule has 0 saturated heterocycles. The summed E-state index contributed by atoms with van der Waals surface area (Å²) in [6.07, 6.45) is 2.71. The smallest absolute Gasteiger partial charge is 0.300 e. The average Bonchev–Trinajstić information content (AvgIpc) is 2.07. The van der Waals surface area contributed by atoms with Crippen molar-refractivity contribution in [3.63, 3.8) is 0 Å². The molecule has 1 N–H and O–H groups in total. The Morgan fingerprint density at radius 1 is 1.67 bits per heavy atom. The molecule has 0 fully saturated rings. The Morgan fingerprint density at radius 2 is 2.42 bits per heavy atom. The van der Waals surface area contributed by atoms with E-state index in [9.17, 15) is 4.79 Å². The molecule has 0 aliphatic rings. The minimum absolute atomic E-state index is 0.265. The van der Waals surface area contributed by atoms with Gasteiger partial charge in [-0.05, 0) is 24.7 Å². The lowest BCUT2D eigenvalue weighted by molar-refractivity contribution is 0.943. The molecule has 0 atom stereocenters. The van der Waals surface area contributed by atoms with Crippen molar-refractivity contribution in [3.8, 4) is 0 Å². The molecule has 0 saturated carbocycles. The third kappa shape index (κ3) is 2.37. The second-order valence-electron chi connectivity index (χ2n) is 2.55. The maximum Gasteiger partial charge on any atom is 0.345 e. The standard InChI is InChI=1S/C8H12N2OS/c1-3-4-12-7-6(2)5-9-8(11)10-7/h5H,3-4H2,1-2H3,(H,9,10,11). The zero-order valence-corrected chi connectivity index (χ0v) is 8.07. The fourth-order valence-electron chi connectivity index (χ4n) is 0.796. The topological polar surface area (TPSA) is 45.8 Å². The van der Waals surface area contributed by atoms with Crippen LogP contribution in [-0.2, 0) is 0 Å². The van der Waals surface area contributed by atoms with E-state index in [2.05, 4.69) is 16.9 Å². The number of nitrogens with zero attached hydrogens (tertiary/aromatic N) is 1. The second kappa shape index (κ2) is 4.30. The van der Waals surface area contributed by atoms with E-state index in [4.69, 9.17) is 0 Å². The monoisotopic (exact) mass is 184 g/mol. The molecular weight excluding hydrogens is 172 g/mol. The Balaban J connectivity index is 2.82. The number of rotatable bonds is 3. The van der Waals surface area contributed by atoms with Crippen LogP contribution in [0.5, 0.6) is 0 Å². The van der Waals surface area contributed by atoms with Gasteiger partial charge in [0.1, 0.15) is 0 Å². The minimum atomic E-state index is -0.265. The van der Waals surface area contributed by atoms with Crippen LogP contribution in [0.1, 0.15) is 18.9 Å². The van der Waals surface area contributed by atoms with E-state index in [-0.39, 0.29) is 5.69 Å². The van der Waals surface area contributed by atoms with Gasteiger partial charge in [-0.25, -0.2) is 9.78 Å². The molecule has 4 heteroatoms. The Morgan fingerprint density at radius 3 is 3.08 bits per heavy atom. The van der Waals surface area contributed by atoms with Crippen molar-refractivity contribution in [2.45, 2.75) is 25.3 Å². The zero-order chi connectivity index (χ0) is 8.97. The van der Waals surface area contributed by atoms with E-state index in [1.807, 2.05) is 6.92 Å². The van der Waals surface area contributed by atoms with Crippen LogP contribution in [0.3, 0.4) is 0 Å². The van der Waals surface area contributed by atoms with E-state index in [0.717, 1.165) is 22.8 Å². The Hall–Kier alpha value is -0.770. The van der Waals surface area contributed by atoms with Gasteiger partial charge in [-0.1, -0.05) is 6.92 Å². The van der Waals surface area contributed by atoms with Gasteiger partial charge in [-0.3, -0.25) is 0 Å². The fraction of sp³-hybridized carbons (Fsp3) is 0.500. The van der Waals surface area contributed by atoms with Crippen LogP contribution < -0.4 is 5.69 Å². The largest absolute Gasteiger partial charge is 0.345 e. The third-order valence-corrected chi connectivity index (χ3v) is 2.73. The normalized spacial score (nSPS) is 10.2. The third-order valence-electron chi connectivity index (χ3n) is 1.40. The highest BCUT2D eigenvalue weighted by Gasteiger charge is 1.98. The lowest BCUT2D eigenvalue weighted by Gasteiger charge is -2.01. The van der Waals surface area contributed by atoms with Gasteiger partial charge in [0.15, 0.2) is 0 Å². The number of nitrogens with one attached hydrogen (secondary N) is 1.